The highest BCUT2D eigenvalue weighted by Crippen LogP contribution is 2.30. The molecule has 7 nitrogen and oxygen atoms in total. The number of amides is 2. The summed E-state index contributed by atoms with van der Waals surface area (Å²) in [7, 11) is 0. The Morgan fingerprint density at radius 3 is 2.48 bits per heavy atom. The summed E-state index contributed by atoms with van der Waals surface area (Å²) in [6.45, 7) is 5.44. The minimum atomic E-state index is -0.252. The highest BCUT2D eigenvalue weighted by Gasteiger charge is 2.33. The molecule has 1 aromatic rings. The van der Waals surface area contributed by atoms with Gasteiger partial charge in [-0.25, -0.2) is 4.98 Å². The number of rotatable bonds is 3. The average molecular weight is 394 g/mol. The van der Waals surface area contributed by atoms with E-state index < -0.39 is 0 Å². The van der Waals surface area contributed by atoms with Crippen LogP contribution in [-0.4, -0.2) is 77.0 Å². The van der Waals surface area contributed by atoms with Crippen LogP contribution in [0, 0.1) is 6.92 Å². The molecule has 1 atom stereocenters. The largest absolute Gasteiger partial charge is 0.445 e. The van der Waals surface area contributed by atoms with Crippen molar-refractivity contribution in [1.29, 1.82) is 0 Å². The maximum absolute atomic E-state index is 12.7. The van der Waals surface area contributed by atoms with Gasteiger partial charge in [0.25, 0.3) is 11.8 Å². The van der Waals surface area contributed by atoms with Crippen LogP contribution in [0.5, 0.6) is 0 Å². The van der Waals surface area contributed by atoms with Crippen LogP contribution < -0.4 is 0 Å². The number of hydrogen-bond acceptors (Lipinski definition) is 6. The first-order valence-electron chi connectivity index (χ1n) is 9.88. The second kappa shape index (κ2) is 8.22. The lowest BCUT2D eigenvalue weighted by atomic mass is 9.96. The molecule has 0 N–H and O–H groups in total. The van der Waals surface area contributed by atoms with Gasteiger partial charge < -0.3 is 19.0 Å². The zero-order chi connectivity index (χ0) is 18.8. The number of thioether (sulfide) groups is 1. The number of hydrogen-bond donors (Lipinski definition) is 0. The number of aromatic nitrogens is 1. The third-order valence-corrected chi connectivity index (χ3v) is 6.62. The number of likely N-dealkylation sites (tertiary alicyclic amines) is 1. The van der Waals surface area contributed by atoms with Crippen LogP contribution in [0.2, 0.25) is 0 Å². The Kier molecular flexibility index (Phi) is 5.73. The van der Waals surface area contributed by atoms with Crippen molar-refractivity contribution < 1.29 is 18.7 Å². The van der Waals surface area contributed by atoms with Crippen molar-refractivity contribution in [3.8, 4) is 0 Å². The number of oxazole rings is 1. The monoisotopic (exact) mass is 393 g/mol. The summed E-state index contributed by atoms with van der Waals surface area (Å²) < 4.78 is 11.4. The Morgan fingerprint density at radius 1 is 1.07 bits per heavy atom. The number of carbonyl (C=O) groups is 2. The number of ether oxygens (including phenoxy) is 1. The van der Waals surface area contributed by atoms with Gasteiger partial charge in [0.15, 0.2) is 11.6 Å². The van der Waals surface area contributed by atoms with Crippen molar-refractivity contribution in [3.05, 3.63) is 17.3 Å². The van der Waals surface area contributed by atoms with E-state index >= 15 is 0 Å². The van der Waals surface area contributed by atoms with E-state index in [1.807, 2.05) is 28.5 Å². The van der Waals surface area contributed by atoms with E-state index in [0.29, 0.717) is 37.0 Å². The molecule has 3 fully saturated rings. The molecular weight excluding hydrogens is 366 g/mol. The second-order valence-electron chi connectivity index (χ2n) is 7.46. The van der Waals surface area contributed by atoms with Crippen LogP contribution in [-0.2, 0) is 9.53 Å². The zero-order valence-electron chi connectivity index (χ0n) is 15.8. The molecule has 3 saturated heterocycles. The van der Waals surface area contributed by atoms with Gasteiger partial charge in [-0.05, 0) is 32.6 Å². The Bertz CT molecular complexity index is 687. The lowest BCUT2D eigenvalue weighted by molar-refractivity contribution is -0.142. The van der Waals surface area contributed by atoms with Crippen molar-refractivity contribution in [2.24, 2.45) is 0 Å². The Labute approximate surface area is 163 Å². The maximum Gasteiger partial charge on any atom is 0.276 e. The SMILES string of the molecule is Cc1oc(C2CCN(C(=O)C3CCCO3)CC2)nc1C(=O)N1CCSCC1. The number of piperidine rings is 1. The smallest absolute Gasteiger partial charge is 0.276 e. The molecule has 2 amide bonds. The molecule has 3 aliphatic heterocycles. The molecule has 4 heterocycles. The van der Waals surface area contributed by atoms with Crippen LogP contribution in [0.3, 0.4) is 0 Å². The first-order valence-corrected chi connectivity index (χ1v) is 11.0. The molecule has 148 valence electrons. The fourth-order valence-electron chi connectivity index (χ4n) is 4.03. The molecule has 0 aliphatic carbocycles. The minimum absolute atomic E-state index is 0.0196. The minimum Gasteiger partial charge on any atom is -0.445 e. The van der Waals surface area contributed by atoms with E-state index in [9.17, 15) is 9.59 Å². The predicted octanol–water partition coefficient (Wildman–Crippen LogP) is 2.06. The van der Waals surface area contributed by atoms with Crippen molar-refractivity contribution in [1.82, 2.24) is 14.8 Å². The van der Waals surface area contributed by atoms with E-state index in [4.69, 9.17) is 9.15 Å². The molecule has 27 heavy (non-hydrogen) atoms. The van der Waals surface area contributed by atoms with Crippen molar-refractivity contribution in [2.45, 2.75) is 44.6 Å². The lowest BCUT2D eigenvalue weighted by Gasteiger charge is -2.32. The second-order valence-corrected chi connectivity index (χ2v) is 8.69. The lowest BCUT2D eigenvalue weighted by Crippen LogP contribution is -2.43. The van der Waals surface area contributed by atoms with Gasteiger partial charge in [0.2, 0.25) is 0 Å². The maximum atomic E-state index is 12.7. The van der Waals surface area contributed by atoms with Crippen LogP contribution in [0.1, 0.15) is 53.7 Å². The van der Waals surface area contributed by atoms with Gasteiger partial charge in [0.05, 0.1) is 0 Å². The van der Waals surface area contributed by atoms with Gasteiger partial charge in [0.1, 0.15) is 11.9 Å². The van der Waals surface area contributed by atoms with E-state index in [0.717, 1.165) is 50.3 Å². The van der Waals surface area contributed by atoms with Gasteiger partial charge in [-0.3, -0.25) is 9.59 Å². The molecule has 4 rings (SSSR count). The quantitative estimate of drug-likeness (QED) is 0.782. The first kappa shape index (κ1) is 18.8. The van der Waals surface area contributed by atoms with E-state index in [2.05, 4.69) is 4.98 Å². The first-order chi connectivity index (χ1) is 13.1. The van der Waals surface area contributed by atoms with Crippen molar-refractivity contribution in [3.63, 3.8) is 0 Å². The van der Waals surface area contributed by atoms with Crippen LogP contribution >= 0.6 is 11.8 Å². The Morgan fingerprint density at radius 2 is 1.81 bits per heavy atom. The molecule has 0 spiro atoms. The van der Waals surface area contributed by atoms with Gasteiger partial charge in [-0.2, -0.15) is 11.8 Å². The summed E-state index contributed by atoms with van der Waals surface area (Å²) in [5.74, 6) is 3.47. The van der Waals surface area contributed by atoms with E-state index in [1.54, 1.807) is 0 Å². The summed E-state index contributed by atoms with van der Waals surface area (Å²) in [5, 5.41) is 0. The zero-order valence-corrected chi connectivity index (χ0v) is 16.6. The molecule has 1 unspecified atom stereocenters. The molecular formula is C19H27N3O4S. The molecule has 0 saturated carbocycles. The summed E-state index contributed by atoms with van der Waals surface area (Å²) in [6.07, 6.45) is 3.17. The van der Waals surface area contributed by atoms with Gasteiger partial charge in [-0.15, -0.1) is 0 Å². The summed E-state index contributed by atoms with van der Waals surface area (Å²) in [4.78, 5) is 33.5. The highest BCUT2D eigenvalue weighted by atomic mass is 32.2. The molecule has 3 aliphatic rings. The van der Waals surface area contributed by atoms with Crippen LogP contribution in [0.25, 0.3) is 0 Å². The number of carbonyl (C=O) groups excluding carboxylic acids is 2. The normalized spacial score (nSPS) is 24.4. The van der Waals surface area contributed by atoms with Gasteiger partial charge in [-0.1, -0.05) is 0 Å². The van der Waals surface area contributed by atoms with Gasteiger partial charge >= 0.3 is 0 Å². The molecule has 0 aromatic carbocycles. The summed E-state index contributed by atoms with van der Waals surface area (Å²) in [6, 6.07) is 0. The van der Waals surface area contributed by atoms with Crippen LogP contribution in [0.4, 0.5) is 0 Å². The number of aryl methyl sites for hydroxylation is 1. The highest BCUT2D eigenvalue weighted by molar-refractivity contribution is 7.99. The van der Waals surface area contributed by atoms with Crippen molar-refractivity contribution >= 4 is 23.6 Å². The predicted molar refractivity (Wildman–Crippen MR) is 102 cm³/mol. The standard InChI is InChI=1S/C19H27N3O4S/c1-13-16(19(24)22-8-11-27-12-9-22)20-17(26-13)14-4-6-21(7-5-14)18(23)15-3-2-10-25-15/h14-15H,2-12H2,1H3. The number of nitrogens with zero attached hydrogens (tertiary/aromatic N) is 3. The van der Waals surface area contributed by atoms with Gasteiger partial charge in [0, 0.05) is 50.2 Å². The van der Waals surface area contributed by atoms with Crippen molar-refractivity contribution in [2.75, 3.05) is 44.3 Å². The van der Waals surface area contributed by atoms with E-state index in [-0.39, 0.29) is 23.8 Å². The molecule has 0 bridgehead atoms. The fraction of sp³-hybridized carbons (Fsp3) is 0.737. The fourth-order valence-corrected chi connectivity index (χ4v) is 4.93. The third kappa shape index (κ3) is 4.01. The Hall–Kier alpha value is -1.54. The Balaban J connectivity index is 1.37. The summed E-state index contributed by atoms with van der Waals surface area (Å²) in [5.41, 5.74) is 0.453. The summed E-state index contributed by atoms with van der Waals surface area (Å²) >= 11 is 1.88. The average Bonchev–Trinajstić information content (AvgIpc) is 3.38. The molecule has 0 radical (unpaired) electrons. The van der Waals surface area contributed by atoms with Crippen LogP contribution in [0.15, 0.2) is 4.42 Å². The molecule has 8 heteroatoms. The van der Waals surface area contributed by atoms with E-state index in [1.165, 1.54) is 0 Å². The molecule has 1 aromatic heterocycles. The third-order valence-electron chi connectivity index (χ3n) is 5.68. The topological polar surface area (TPSA) is 75.9 Å².